The van der Waals surface area contributed by atoms with Gasteiger partial charge in [-0.15, -0.1) is 0 Å². The van der Waals surface area contributed by atoms with Crippen LogP contribution in [0.25, 0.3) is 0 Å². The molecule has 2 saturated heterocycles. The standard InChI is InChI=1S/C24H33F2N3O3/c1-17(2)9-13-28-14-10-19(11-15-28)27-22(30)18-6-5-12-29(16-18)23(31)20-7-3-4-8-21(20)32-24(25)26/h3-4,7-9,18-19,24H,5-6,10-16H2,1-2H3,(H,27,30). The smallest absolute Gasteiger partial charge is 0.387 e. The van der Waals surface area contributed by atoms with Gasteiger partial charge in [-0.05, 0) is 51.7 Å². The first kappa shape index (κ1) is 24.2. The number of hydrogen-bond donors (Lipinski definition) is 1. The maximum absolute atomic E-state index is 13.0. The minimum atomic E-state index is -3.00. The van der Waals surface area contributed by atoms with Crippen LogP contribution in [0.4, 0.5) is 8.78 Å². The van der Waals surface area contributed by atoms with E-state index in [1.54, 1.807) is 17.0 Å². The van der Waals surface area contributed by atoms with Crippen molar-refractivity contribution in [2.45, 2.75) is 52.2 Å². The van der Waals surface area contributed by atoms with Crippen molar-refractivity contribution in [2.24, 2.45) is 5.92 Å². The number of para-hydroxylation sites is 1. The summed E-state index contributed by atoms with van der Waals surface area (Å²) in [5.74, 6) is -0.841. The van der Waals surface area contributed by atoms with E-state index in [9.17, 15) is 18.4 Å². The lowest BCUT2D eigenvalue weighted by molar-refractivity contribution is -0.127. The molecule has 2 fully saturated rings. The van der Waals surface area contributed by atoms with Gasteiger partial charge in [0.1, 0.15) is 5.75 Å². The van der Waals surface area contributed by atoms with Crippen LogP contribution in [0.15, 0.2) is 35.9 Å². The van der Waals surface area contributed by atoms with E-state index in [1.807, 2.05) is 0 Å². The number of carbonyl (C=O) groups excluding carboxylic acids is 2. The Morgan fingerprint density at radius 2 is 1.88 bits per heavy atom. The molecule has 0 radical (unpaired) electrons. The fourth-order valence-electron chi connectivity index (χ4n) is 4.28. The van der Waals surface area contributed by atoms with Crippen LogP contribution in [-0.2, 0) is 4.79 Å². The van der Waals surface area contributed by atoms with Crippen LogP contribution in [-0.4, -0.2) is 67.0 Å². The fourth-order valence-corrected chi connectivity index (χ4v) is 4.28. The highest BCUT2D eigenvalue weighted by atomic mass is 19.3. The molecule has 6 nitrogen and oxygen atoms in total. The number of carbonyl (C=O) groups is 2. The second-order valence-electron chi connectivity index (χ2n) is 8.83. The molecule has 176 valence electrons. The maximum atomic E-state index is 13.0. The summed E-state index contributed by atoms with van der Waals surface area (Å²) in [5, 5.41) is 3.17. The molecule has 1 unspecified atom stereocenters. The molecule has 1 N–H and O–H groups in total. The van der Waals surface area contributed by atoms with E-state index in [2.05, 4.69) is 34.9 Å². The van der Waals surface area contributed by atoms with Gasteiger partial charge in [-0.2, -0.15) is 8.78 Å². The Balaban J connectivity index is 1.53. The molecule has 32 heavy (non-hydrogen) atoms. The number of ether oxygens (including phenoxy) is 1. The minimum absolute atomic E-state index is 0.0256. The zero-order chi connectivity index (χ0) is 23.1. The quantitative estimate of drug-likeness (QED) is 0.645. The van der Waals surface area contributed by atoms with Gasteiger partial charge in [0.2, 0.25) is 5.91 Å². The molecule has 1 aromatic carbocycles. The molecule has 0 aromatic heterocycles. The van der Waals surface area contributed by atoms with Crippen LogP contribution >= 0.6 is 0 Å². The molecule has 2 aliphatic heterocycles. The van der Waals surface area contributed by atoms with Crippen molar-refractivity contribution in [1.82, 2.24) is 15.1 Å². The first-order valence-electron chi connectivity index (χ1n) is 11.3. The Hall–Kier alpha value is -2.48. The summed E-state index contributed by atoms with van der Waals surface area (Å²) in [6.45, 7) is 4.81. The highest BCUT2D eigenvalue weighted by molar-refractivity contribution is 5.97. The number of nitrogens with zero attached hydrogens (tertiary/aromatic N) is 2. The molecule has 1 aromatic rings. The average molecular weight is 450 g/mol. The number of rotatable bonds is 7. The summed E-state index contributed by atoms with van der Waals surface area (Å²) in [6.07, 6.45) is 5.45. The maximum Gasteiger partial charge on any atom is 0.387 e. The number of alkyl halides is 2. The van der Waals surface area contributed by atoms with Crippen molar-refractivity contribution in [3.8, 4) is 5.75 Å². The Morgan fingerprint density at radius 1 is 1.16 bits per heavy atom. The minimum Gasteiger partial charge on any atom is -0.434 e. The van der Waals surface area contributed by atoms with Crippen LogP contribution in [0.2, 0.25) is 0 Å². The van der Waals surface area contributed by atoms with Crippen LogP contribution in [0.1, 0.15) is 49.9 Å². The summed E-state index contributed by atoms with van der Waals surface area (Å²) in [7, 11) is 0. The fraction of sp³-hybridized carbons (Fsp3) is 0.583. The SMILES string of the molecule is CC(C)=CCN1CCC(NC(=O)C2CCCN(C(=O)c3ccccc3OC(F)F)C2)CC1. The first-order valence-corrected chi connectivity index (χ1v) is 11.3. The van der Waals surface area contributed by atoms with Crippen LogP contribution in [0.5, 0.6) is 5.75 Å². The van der Waals surface area contributed by atoms with E-state index >= 15 is 0 Å². The Labute approximate surface area is 188 Å². The van der Waals surface area contributed by atoms with E-state index in [0.29, 0.717) is 19.4 Å². The molecule has 2 heterocycles. The number of hydrogen-bond acceptors (Lipinski definition) is 4. The Morgan fingerprint density at radius 3 is 2.56 bits per heavy atom. The molecule has 1 atom stereocenters. The van der Waals surface area contributed by atoms with Crippen molar-refractivity contribution in [1.29, 1.82) is 0 Å². The lowest BCUT2D eigenvalue weighted by Gasteiger charge is -2.35. The molecule has 0 spiro atoms. The molecular weight excluding hydrogens is 416 g/mol. The van der Waals surface area contributed by atoms with Gasteiger partial charge in [-0.25, -0.2) is 0 Å². The van der Waals surface area contributed by atoms with Gasteiger partial charge < -0.3 is 15.0 Å². The number of halogens is 2. The lowest BCUT2D eigenvalue weighted by Crippen LogP contribution is -2.50. The third-order valence-corrected chi connectivity index (χ3v) is 6.10. The molecule has 2 aliphatic rings. The predicted octanol–water partition coefficient (Wildman–Crippen LogP) is 3.69. The zero-order valence-corrected chi connectivity index (χ0v) is 18.9. The molecule has 2 amide bonds. The molecule has 0 saturated carbocycles. The molecule has 0 bridgehead atoms. The lowest BCUT2D eigenvalue weighted by atomic mass is 9.95. The van der Waals surface area contributed by atoms with Crippen molar-refractivity contribution in [2.75, 3.05) is 32.7 Å². The van der Waals surface area contributed by atoms with Gasteiger partial charge in [0.25, 0.3) is 5.91 Å². The highest BCUT2D eigenvalue weighted by Crippen LogP contribution is 2.25. The van der Waals surface area contributed by atoms with Gasteiger partial charge in [0, 0.05) is 38.8 Å². The van der Waals surface area contributed by atoms with E-state index in [1.165, 1.54) is 17.7 Å². The topological polar surface area (TPSA) is 61.9 Å². The Kier molecular flexibility index (Phi) is 8.61. The van der Waals surface area contributed by atoms with Crippen molar-refractivity contribution in [3.63, 3.8) is 0 Å². The number of benzene rings is 1. The largest absolute Gasteiger partial charge is 0.434 e. The molecule has 0 aliphatic carbocycles. The van der Waals surface area contributed by atoms with Gasteiger partial charge in [-0.1, -0.05) is 23.8 Å². The first-order chi connectivity index (χ1) is 15.3. The van der Waals surface area contributed by atoms with Crippen LogP contribution in [0, 0.1) is 5.92 Å². The third kappa shape index (κ3) is 6.76. The second kappa shape index (κ2) is 11.4. The molecule has 8 heteroatoms. The van der Waals surface area contributed by atoms with Gasteiger partial charge >= 0.3 is 6.61 Å². The highest BCUT2D eigenvalue weighted by Gasteiger charge is 2.31. The van der Waals surface area contributed by atoms with Crippen LogP contribution < -0.4 is 10.1 Å². The summed E-state index contributed by atoms with van der Waals surface area (Å²) < 4.78 is 29.9. The summed E-state index contributed by atoms with van der Waals surface area (Å²) >= 11 is 0. The Bertz CT molecular complexity index is 818. The summed E-state index contributed by atoms with van der Waals surface area (Å²) in [6, 6.07) is 6.15. The summed E-state index contributed by atoms with van der Waals surface area (Å²) in [5.41, 5.74) is 1.40. The molecule has 3 rings (SSSR count). The van der Waals surface area contributed by atoms with Crippen molar-refractivity contribution >= 4 is 11.8 Å². The second-order valence-corrected chi connectivity index (χ2v) is 8.83. The van der Waals surface area contributed by atoms with E-state index in [-0.39, 0.29) is 41.6 Å². The number of likely N-dealkylation sites (tertiary alicyclic amines) is 2. The third-order valence-electron chi connectivity index (χ3n) is 6.10. The average Bonchev–Trinajstić information content (AvgIpc) is 2.78. The number of piperidine rings is 2. The zero-order valence-electron chi connectivity index (χ0n) is 18.9. The summed E-state index contributed by atoms with van der Waals surface area (Å²) in [4.78, 5) is 29.8. The van der Waals surface area contributed by atoms with Gasteiger partial charge in [-0.3, -0.25) is 14.5 Å². The molecular formula is C24H33F2N3O3. The van der Waals surface area contributed by atoms with Gasteiger partial charge in [0.15, 0.2) is 0 Å². The number of nitrogens with one attached hydrogen (secondary N) is 1. The van der Waals surface area contributed by atoms with Crippen molar-refractivity contribution in [3.05, 3.63) is 41.5 Å². The van der Waals surface area contributed by atoms with E-state index < -0.39 is 6.61 Å². The van der Waals surface area contributed by atoms with Gasteiger partial charge in [0.05, 0.1) is 11.5 Å². The number of allylic oxidation sites excluding steroid dienone is 1. The normalized spacial score (nSPS) is 20.2. The van der Waals surface area contributed by atoms with Crippen molar-refractivity contribution < 1.29 is 23.1 Å². The van der Waals surface area contributed by atoms with Crippen LogP contribution in [0.3, 0.4) is 0 Å². The predicted molar refractivity (Wildman–Crippen MR) is 119 cm³/mol. The van der Waals surface area contributed by atoms with E-state index in [4.69, 9.17) is 0 Å². The monoisotopic (exact) mass is 449 g/mol. The number of amides is 2. The van der Waals surface area contributed by atoms with E-state index in [0.717, 1.165) is 32.5 Å².